The summed E-state index contributed by atoms with van der Waals surface area (Å²) in [6.07, 6.45) is 10.4. The highest BCUT2D eigenvalue weighted by atomic mass is 16.6. The van der Waals surface area contributed by atoms with Crippen LogP contribution in [0.1, 0.15) is 67.2 Å². The van der Waals surface area contributed by atoms with Crippen molar-refractivity contribution in [1.82, 2.24) is 0 Å². The van der Waals surface area contributed by atoms with Crippen LogP contribution in [0.2, 0.25) is 0 Å². The number of hydrogen-bond acceptors (Lipinski definition) is 4. The number of ether oxygens (including phenoxy) is 2. The van der Waals surface area contributed by atoms with Crippen molar-refractivity contribution in [2.75, 3.05) is 13.2 Å². The molecule has 0 amide bonds. The lowest BCUT2D eigenvalue weighted by Crippen LogP contribution is -2.26. The molecule has 0 aromatic carbocycles. The number of rotatable bonds is 12. The molecule has 26 heavy (non-hydrogen) atoms. The third-order valence-corrected chi connectivity index (χ3v) is 3.73. The van der Waals surface area contributed by atoms with Gasteiger partial charge in [-0.3, -0.25) is 0 Å². The maximum atomic E-state index is 11.7. The summed E-state index contributed by atoms with van der Waals surface area (Å²) < 4.78 is 10.1. The van der Waals surface area contributed by atoms with Gasteiger partial charge in [-0.15, -0.1) is 0 Å². The van der Waals surface area contributed by atoms with Crippen molar-refractivity contribution in [2.24, 2.45) is 0 Å². The molecule has 0 spiro atoms. The van der Waals surface area contributed by atoms with Crippen LogP contribution >= 0.6 is 0 Å². The smallest absolute Gasteiger partial charge is 0.363 e. The molecule has 148 valence electrons. The summed E-state index contributed by atoms with van der Waals surface area (Å²) in [6.45, 7) is 12.6. The maximum absolute atomic E-state index is 11.7. The molecule has 4 heteroatoms. The minimum atomic E-state index is -1.55. The van der Waals surface area contributed by atoms with E-state index in [1.807, 2.05) is 26.0 Å². The summed E-state index contributed by atoms with van der Waals surface area (Å²) in [7, 11) is 0. The number of aliphatic hydroxyl groups is 1. The third-order valence-electron chi connectivity index (χ3n) is 3.73. The molecule has 0 aromatic rings. The van der Waals surface area contributed by atoms with Crippen molar-refractivity contribution in [3.05, 3.63) is 46.6 Å². The second-order valence-corrected chi connectivity index (χ2v) is 7.06. The fraction of sp³-hybridized carbons (Fsp3) is 0.591. The predicted molar refractivity (Wildman–Crippen MR) is 108 cm³/mol. The highest BCUT2D eigenvalue weighted by Crippen LogP contribution is 2.08. The van der Waals surface area contributed by atoms with Gasteiger partial charge in [-0.25, -0.2) is 4.79 Å². The van der Waals surface area contributed by atoms with E-state index in [0.717, 1.165) is 36.8 Å². The van der Waals surface area contributed by atoms with Crippen LogP contribution < -0.4 is 0 Å². The van der Waals surface area contributed by atoms with Gasteiger partial charge < -0.3 is 14.6 Å². The molecular formula is C22H36O4. The number of allylic oxidation sites excluding steroid dienone is 6. The normalized spacial score (nSPS) is 13.2. The molecule has 0 saturated heterocycles. The van der Waals surface area contributed by atoms with Gasteiger partial charge in [0.1, 0.15) is 6.61 Å². The average molecular weight is 365 g/mol. The SMILES string of the molecule is CC(C)=CCC/C(C)=C/COC(=O)C(O)OC/C=C(\C)CCC=C(C)C. The van der Waals surface area contributed by atoms with Crippen LogP contribution in [0.4, 0.5) is 0 Å². The van der Waals surface area contributed by atoms with E-state index in [4.69, 9.17) is 9.47 Å². The zero-order valence-electron chi connectivity index (χ0n) is 17.3. The van der Waals surface area contributed by atoms with Gasteiger partial charge in [0.2, 0.25) is 0 Å². The van der Waals surface area contributed by atoms with E-state index in [2.05, 4.69) is 39.8 Å². The van der Waals surface area contributed by atoms with Crippen molar-refractivity contribution >= 4 is 5.97 Å². The van der Waals surface area contributed by atoms with E-state index in [-0.39, 0.29) is 13.2 Å². The minimum absolute atomic E-state index is 0.150. The molecule has 0 aromatic heterocycles. The summed E-state index contributed by atoms with van der Waals surface area (Å²) in [5.41, 5.74) is 4.91. The molecule has 0 heterocycles. The topological polar surface area (TPSA) is 55.8 Å². The van der Waals surface area contributed by atoms with Crippen LogP contribution in [-0.4, -0.2) is 30.6 Å². The van der Waals surface area contributed by atoms with Crippen molar-refractivity contribution in [3.63, 3.8) is 0 Å². The van der Waals surface area contributed by atoms with Gasteiger partial charge in [0, 0.05) is 0 Å². The second-order valence-electron chi connectivity index (χ2n) is 7.06. The number of carbonyl (C=O) groups is 1. The fourth-order valence-corrected chi connectivity index (χ4v) is 2.07. The molecule has 0 aliphatic heterocycles. The number of esters is 1. The zero-order chi connectivity index (χ0) is 19.9. The molecule has 0 saturated carbocycles. The van der Waals surface area contributed by atoms with Crippen molar-refractivity contribution in [3.8, 4) is 0 Å². The Morgan fingerprint density at radius 3 is 1.73 bits per heavy atom. The Labute approximate surface area is 159 Å². The summed E-state index contributed by atoms with van der Waals surface area (Å²) in [5, 5.41) is 9.68. The number of carbonyl (C=O) groups excluding carboxylic acids is 1. The van der Waals surface area contributed by atoms with Crippen LogP contribution in [0.5, 0.6) is 0 Å². The molecule has 1 atom stereocenters. The van der Waals surface area contributed by atoms with E-state index in [1.165, 1.54) is 11.1 Å². The van der Waals surface area contributed by atoms with E-state index >= 15 is 0 Å². The Morgan fingerprint density at radius 2 is 1.27 bits per heavy atom. The minimum Gasteiger partial charge on any atom is -0.458 e. The molecule has 0 fully saturated rings. The average Bonchev–Trinajstić information content (AvgIpc) is 2.53. The van der Waals surface area contributed by atoms with Gasteiger partial charge in [-0.05, 0) is 73.3 Å². The molecule has 4 nitrogen and oxygen atoms in total. The highest BCUT2D eigenvalue weighted by molar-refractivity contribution is 5.72. The molecule has 0 radical (unpaired) electrons. The van der Waals surface area contributed by atoms with Crippen molar-refractivity contribution in [1.29, 1.82) is 0 Å². The Kier molecular flexibility index (Phi) is 13.6. The molecule has 0 bridgehead atoms. The Balaban J connectivity index is 4.05. The first kappa shape index (κ1) is 24.4. The van der Waals surface area contributed by atoms with Gasteiger partial charge in [0.25, 0.3) is 6.29 Å². The van der Waals surface area contributed by atoms with E-state index < -0.39 is 12.3 Å². The van der Waals surface area contributed by atoms with Gasteiger partial charge in [-0.2, -0.15) is 0 Å². The monoisotopic (exact) mass is 364 g/mol. The quantitative estimate of drug-likeness (QED) is 0.292. The second kappa shape index (κ2) is 14.5. The summed E-state index contributed by atoms with van der Waals surface area (Å²) >= 11 is 0. The van der Waals surface area contributed by atoms with Gasteiger partial charge >= 0.3 is 5.97 Å². The maximum Gasteiger partial charge on any atom is 0.363 e. The Bertz CT molecular complexity index is 530. The first-order valence-electron chi connectivity index (χ1n) is 9.26. The molecule has 1 unspecified atom stereocenters. The largest absolute Gasteiger partial charge is 0.458 e. The van der Waals surface area contributed by atoms with Crippen LogP contribution in [0, 0.1) is 0 Å². The third kappa shape index (κ3) is 14.7. The van der Waals surface area contributed by atoms with Crippen LogP contribution in [0.3, 0.4) is 0 Å². The lowest BCUT2D eigenvalue weighted by Gasteiger charge is -2.10. The van der Waals surface area contributed by atoms with Gasteiger partial charge in [0.15, 0.2) is 0 Å². The van der Waals surface area contributed by atoms with E-state index in [9.17, 15) is 9.90 Å². The molecule has 0 aliphatic carbocycles. The predicted octanol–water partition coefficient (Wildman–Crippen LogP) is 5.25. The summed E-state index contributed by atoms with van der Waals surface area (Å²) in [4.78, 5) is 11.7. The summed E-state index contributed by atoms with van der Waals surface area (Å²) in [6, 6.07) is 0. The Morgan fingerprint density at radius 1 is 0.808 bits per heavy atom. The van der Waals surface area contributed by atoms with Gasteiger partial charge in [0.05, 0.1) is 6.61 Å². The Hall–Kier alpha value is -1.65. The first-order valence-corrected chi connectivity index (χ1v) is 9.26. The van der Waals surface area contributed by atoms with Gasteiger partial charge in [-0.1, -0.05) is 40.5 Å². The van der Waals surface area contributed by atoms with Crippen LogP contribution in [-0.2, 0) is 14.3 Å². The standard InChI is InChI=1S/C22H36O4/c1-17(2)9-7-11-19(5)13-15-25-21(23)22(24)26-16-14-20(6)12-8-10-18(3)4/h9-10,13-14,21,23H,7-8,11-12,15-16H2,1-6H3/b19-13+,20-14+. The first-order chi connectivity index (χ1) is 12.2. The lowest BCUT2D eigenvalue weighted by molar-refractivity contribution is -0.179. The van der Waals surface area contributed by atoms with Crippen molar-refractivity contribution < 1.29 is 19.4 Å². The van der Waals surface area contributed by atoms with E-state index in [1.54, 1.807) is 0 Å². The molecule has 0 rings (SSSR count). The summed E-state index contributed by atoms with van der Waals surface area (Å²) in [5.74, 6) is -0.756. The van der Waals surface area contributed by atoms with Crippen LogP contribution in [0.15, 0.2) is 46.6 Å². The number of aliphatic hydroxyl groups excluding tert-OH is 1. The van der Waals surface area contributed by atoms with Crippen LogP contribution in [0.25, 0.3) is 0 Å². The lowest BCUT2D eigenvalue weighted by atomic mass is 10.1. The van der Waals surface area contributed by atoms with E-state index in [0.29, 0.717) is 0 Å². The fourth-order valence-electron chi connectivity index (χ4n) is 2.07. The van der Waals surface area contributed by atoms with Crippen molar-refractivity contribution in [2.45, 2.75) is 73.5 Å². The molecule has 0 aliphatic rings. The molecular weight excluding hydrogens is 328 g/mol. The zero-order valence-corrected chi connectivity index (χ0v) is 17.3. The molecule has 1 N–H and O–H groups in total. The number of hydrogen-bond donors (Lipinski definition) is 1. The highest BCUT2D eigenvalue weighted by Gasteiger charge is 2.16.